The van der Waals surface area contributed by atoms with Gasteiger partial charge in [0, 0.05) is 10.6 Å². The molecular formula is C11H14ClFO2S. The number of hydrogen-bond donors (Lipinski definition) is 0. The predicted octanol–water partition coefficient (Wildman–Crippen LogP) is 3.19. The smallest absolute Gasteiger partial charge is 0.159 e. The fourth-order valence-electron chi connectivity index (χ4n) is 1.06. The van der Waals surface area contributed by atoms with Crippen molar-refractivity contribution >= 4 is 21.4 Å². The van der Waals surface area contributed by atoms with E-state index < -0.39 is 20.4 Å². The first-order valence-corrected chi connectivity index (χ1v) is 6.83. The number of halogens is 2. The highest BCUT2D eigenvalue weighted by Gasteiger charge is 2.29. The van der Waals surface area contributed by atoms with Crippen LogP contribution in [0.5, 0.6) is 0 Å². The van der Waals surface area contributed by atoms with Crippen molar-refractivity contribution in [2.24, 2.45) is 0 Å². The van der Waals surface area contributed by atoms with Crippen LogP contribution in [0.2, 0.25) is 5.02 Å². The maximum absolute atomic E-state index is 13.4. The molecule has 0 saturated carbocycles. The van der Waals surface area contributed by atoms with Crippen LogP contribution in [0.4, 0.5) is 4.39 Å². The number of rotatable bonds is 2. The maximum atomic E-state index is 13.4. The Morgan fingerprint density at radius 3 is 2.31 bits per heavy atom. The maximum Gasteiger partial charge on any atom is 0.159 e. The first-order chi connectivity index (χ1) is 7.13. The molecule has 0 aromatic heterocycles. The van der Waals surface area contributed by atoms with Gasteiger partial charge >= 0.3 is 0 Å². The predicted molar refractivity (Wildman–Crippen MR) is 63.8 cm³/mol. The standard InChI is InChI=1S/C11H14ClFO2S/c1-11(2,3)16(14,15)7-8-4-5-9(12)6-10(8)13/h4-6H,7H2,1-3H3. The van der Waals surface area contributed by atoms with Crippen LogP contribution in [0.3, 0.4) is 0 Å². The van der Waals surface area contributed by atoms with Crippen LogP contribution in [0, 0.1) is 5.82 Å². The van der Waals surface area contributed by atoms with E-state index in [-0.39, 0.29) is 16.3 Å². The first kappa shape index (κ1) is 13.5. The van der Waals surface area contributed by atoms with Gasteiger partial charge < -0.3 is 0 Å². The van der Waals surface area contributed by atoms with Gasteiger partial charge in [-0.3, -0.25) is 0 Å². The minimum Gasteiger partial charge on any atom is -0.228 e. The monoisotopic (exact) mass is 264 g/mol. The van der Waals surface area contributed by atoms with E-state index >= 15 is 0 Å². The molecule has 0 saturated heterocycles. The van der Waals surface area contributed by atoms with Gasteiger partial charge in [0.15, 0.2) is 9.84 Å². The van der Waals surface area contributed by atoms with E-state index in [0.717, 1.165) is 6.07 Å². The second kappa shape index (κ2) is 4.34. The van der Waals surface area contributed by atoms with Crippen LogP contribution in [0.1, 0.15) is 26.3 Å². The lowest BCUT2D eigenvalue weighted by molar-refractivity contribution is 0.555. The van der Waals surface area contributed by atoms with Crippen molar-refractivity contribution in [1.82, 2.24) is 0 Å². The van der Waals surface area contributed by atoms with Gasteiger partial charge in [0.1, 0.15) is 5.82 Å². The third-order valence-electron chi connectivity index (χ3n) is 2.29. The molecule has 0 N–H and O–H groups in total. The van der Waals surface area contributed by atoms with E-state index in [0.29, 0.717) is 0 Å². The van der Waals surface area contributed by atoms with E-state index in [2.05, 4.69) is 0 Å². The topological polar surface area (TPSA) is 34.1 Å². The molecule has 0 amide bonds. The molecule has 0 aliphatic rings. The largest absolute Gasteiger partial charge is 0.228 e. The van der Waals surface area contributed by atoms with Crippen molar-refractivity contribution in [3.8, 4) is 0 Å². The highest BCUT2D eigenvalue weighted by Crippen LogP contribution is 2.23. The molecule has 0 unspecified atom stereocenters. The molecule has 0 fully saturated rings. The van der Waals surface area contributed by atoms with Crippen molar-refractivity contribution in [2.45, 2.75) is 31.3 Å². The molecule has 0 aliphatic heterocycles. The molecule has 90 valence electrons. The summed E-state index contributed by atoms with van der Waals surface area (Å²) in [7, 11) is -3.37. The van der Waals surface area contributed by atoms with E-state index in [1.54, 1.807) is 20.8 Å². The summed E-state index contributed by atoms with van der Waals surface area (Å²) in [4.78, 5) is 0. The van der Waals surface area contributed by atoms with Gasteiger partial charge in [-0.25, -0.2) is 12.8 Å². The van der Waals surface area contributed by atoms with E-state index in [4.69, 9.17) is 11.6 Å². The van der Waals surface area contributed by atoms with Gasteiger partial charge in [-0.2, -0.15) is 0 Å². The van der Waals surface area contributed by atoms with Gasteiger partial charge in [-0.1, -0.05) is 17.7 Å². The molecule has 0 spiro atoms. The Kier molecular flexibility index (Phi) is 3.65. The molecule has 1 aromatic rings. The summed E-state index contributed by atoms with van der Waals surface area (Å²) < 4.78 is 36.2. The third-order valence-corrected chi connectivity index (χ3v) is 5.09. The van der Waals surface area contributed by atoms with Gasteiger partial charge in [0.25, 0.3) is 0 Å². The molecule has 5 heteroatoms. The second-order valence-corrected chi connectivity index (χ2v) is 7.79. The summed E-state index contributed by atoms with van der Waals surface area (Å²) in [6, 6.07) is 4.01. The Bertz CT molecular complexity index is 489. The van der Waals surface area contributed by atoms with Crippen LogP contribution in [0.15, 0.2) is 18.2 Å². The van der Waals surface area contributed by atoms with Crippen molar-refractivity contribution in [2.75, 3.05) is 0 Å². The summed E-state index contributed by atoms with van der Waals surface area (Å²) >= 11 is 5.59. The summed E-state index contributed by atoms with van der Waals surface area (Å²) in [6.07, 6.45) is 0. The van der Waals surface area contributed by atoms with Gasteiger partial charge in [0.2, 0.25) is 0 Å². The SMILES string of the molecule is CC(C)(C)S(=O)(=O)Cc1ccc(Cl)cc1F. The zero-order chi connectivity index (χ0) is 12.6. The summed E-state index contributed by atoms with van der Waals surface area (Å²) in [5, 5.41) is 0.259. The molecule has 0 heterocycles. The Labute approximate surface area is 100 Å². The van der Waals surface area contributed by atoms with Crippen LogP contribution < -0.4 is 0 Å². The van der Waals surface area contributed by atoms with Crippen molar-refractivity contribution in [3.63, 3.8) is 0 Å². The fourth-order valence-corrected chi connectivity index (χ4v) is 2.30. The zero-order valence-electron chi connectivity index (χ0n) is 9.42. The molecule has 0 aliphatic carbocycles. The zero-order valence-corrected chi connectivity index (χ0v) is 11.0. The minimum absolute atomic E-state index is 0.152. The molecular weight excluding hydrogens is 251 g/mol. The third kappa shape index (κ3) is 2.95. The average molecular weight is 265 g/mol. The molecule has 0 bridgehead atoms. The highest BCUT2D eigenvalue weighted by molar-refractivity contribution is 7.91. The number of hydrogen-bond acceptors (Lipinski definition) is 2. The summed E-state index contributed by atoms with van der Waals surface area (Å²) in [5.41, 5.74) is 0.152. The lowest BCUT2D eigenvalue weighted by atomic mass is 10.2. The Morgan fingerprint density at radius 2 is 1.88 bits per heavy atom. The quantitative estimate of drug-likeness (QED) is 0.822. The fraction of sp³-hybridized carbons (Fsp3) is 0.455. The normalized spacial score (nSPS) is 12.8. The van der Waals surface area contributed by atoms with Crippen molar-refractivity contribution in [1.29, 1.82) is 0 Å². The van der Waals surface area contributed by atoms with Crippen LogP contribution in [-0.2, 0) is 15.6 Å². The molecule has 2 nitrogen and oxygen atoms in total. The van der Waals surface area contributed by atoms with Crippen LogP contribution >= 0.6 is 11.6 Å². The first-order valence-electron chi connectivity index (χ1n) is 4.80. The van der Waals surface area contributed by atoms with Crippen LogP contribution in [-0.4, -0.2) is 13.2 Å². The molecule has 0 atom stereocenters. The molecule has 1 rings (SSSR count). The van der Waals surface area contributed by atoms with Crippen molar-refractivity contribution in [3.05, 3.63) is 34.6 Å². The van der Waals surface area contributed by atoms with Gasteiger partial charge in [-0.05, 0) is 32.9 Å². The Balaban J connectivity index is 3.07. The average Bonchev–Trinajstić information content (AvgIpc) is 2.08. The molecule has 16 heavy (non-hydrogen) atoms. The van der Waals surface area contributed by atoms with Crippen molar-refractivity contribution < 1.29 is 12.8 Å². The van der Waals surface area contributed by atoms with Crippen LogP contribution in [0.25, 0.3) is 0 Å². The van der Waals surface area contributed by atoms with E-state index in [1.807, 2.05) is 0 Å². The Hall–Kier alpha value is -0.610. The summed E-state index contributed by atoms with van der Waals surface area (Å²) in [6.45, 7) is 4.78. The molecule has 0 radical (unpaired) electrons. The van der Waals surface area contributed by atoms with Gasteiger partial charge in [-0.15, -0.1) is 0 Å². The second-order valence-electron chi connectivity index (χ2n) is 4.61. The lowest BCUT2D eigenvalue weighted by Gasteiger charge is -2.19. The number of benzene rings is 1. The van der Waals surface area contributed by atoms with Gasteiger partial charge in [0.05, 0.1) is 10.5 Å². The number of sulfone groups is 1. The minimum atomic E-state index is -3.37. The highest BCUT2D eigenvalue weighted by atomic mass is 35.5. The summed E-state index contributed by atoms with van der Waals surface area (Å²) in [5.74, 6) is -0.889. The lowest BCUT2D eigenvalue weighted by Crippen LogP contribution is -2.29. The van der Waals surface area contributed by atoms with E-state index in [9.17, 15) is 12.8 Å². The molecule has 1 aromatic carbocycles. The Morgan fingerprint density at radius 1 is 1.31 bits per heavy atom. The van der Waals surface area contributed by atoms with E-state index in [1.165, 1.54) is 12.1 Å².